The monoisotopic (exact) mass is 224 g/mol. The number of halogens is 1. The smallest absolute Gasteiger partial charge is 0.243 e. The highest BCUT2D eigenvalue weighted by Gasteiger charge is 2.38. The molecule has 5 nitrogen and oxygen atoms in total. The van der Waals surface area contributed by atoms with E-state index in [0.29, 0.717) is 13.0 Å². The summed E-state index contributed by atoms with van der Waals surface area (Å²) in [6.07, 6.45) is 2.38. The molecular weight excluding hydrogens is 216 g/mol. The zero-order valence-electron chi connectivity index (χ0n) is 7.90. The summed E-state index contributed by atoms with van der Waals surface area (Å²) >= 11 is 5.74. The van der Waals surface area contributed by atoms with Crippen LogP contribution in [0, 0.1) is 0 Å². The van der Waals surface area contributed by atoms with Crippen molar-refractivity contribution in [3.63, 3.8) is 0 Å². The largest absolute Gasteiger partial charge is 0.353 e. The van der Waals surface area contributed by atoms with Gasteiger partial charge in [0.25, 0.3) is 0 Å². The molecule has 1 aromatic heterocycles. The minimum absolute atomic E-state index is 0.0652. The fourth-order valence-electron chi connectivity index (χ4n) is 2.15. The Kier molecular flexibility index (Phi) is 1.82. The van der Waals surface area contributed by atoms with Crippen LogP contribution in [0.5, 0.6) is 0 Å². The number of rotatable bonds is 0. The summed E-state index contributed by atoms with van der Waals surface area (Å²) in [5, 5.41) is 3.08. The first kappa shape index (κ1) is 8.91. The summed E-state index contributed by atoms with van der Waals surface area (Å²) in [6.45, 7) is 1.45. The molecule has 0 radical (unpaired) electrons. The molecule has 1 unspecified atom stereocenters. The van der Waals surface area contributed by atoms with Crippen LogP contribution in [-0.2, 0) is 11.2 Å². The second-order valence-corrected chi connectivity index (χ2v) is 4.03. The van der Waals surface area contributed by atoms with E-state index in [9.17, 15) is 4.79 Å². The summed E-state index contributed by atoms with van der Waals surface area (Å²) in [5.41, 5.74) is 1.00. The third-order valence-corrected chi connectivity index (χ3v) is 3.01. The summed E-state index contributed by atoms with van der Waals surface area (Å²) in [6, 6.07) is -0.124. The van der Waals surface area contributed by atoms with Crippen LogP contribution in [0.2, 0.25) is 5.28 Å². The number of hydrogen-bond donors (Lipinski definition) is 1. The second-order valence-electron chi connectivity index (χ2n) is 3.69. The van der Waals surface area contributed by atoms with E-state index in [1.807, 2.05) is 4.90 Å². The molecule has 0 saturated carbocycles. The Morgan fingerprint density at radius 2 is 2.47 bits per heavy atom. The van der Waals surface area contributed by atoms with Crippen LogP contribution >= 0.6 is 11.6 Å². The number of carbonyl (C=O) groups excluding carboxylic acids is 1. The molecule has 1 aromatic rings. The van der Waals surface area contributed by atoms with Gasteiger partial charge in [0.1, 0.15) is 11.9 Å². The minimum atomic E-state index is -0.124. The average molecular weight is 225 g/mol. The number of piperazine rings is 1. The molecular formula is C9H9ClN4O. The van der Waals surface area contributed by atoms with Gasteiger partial charge in [0.05, 0.1) is 0 Å². The first-order valence-electron chi connectivity index (χ1n) is 4.81. The van der Waals surface area contributed by atoms with E-state index in [4.69, 9.17) is 11.6 Å². The van der Waals surface area contributed by atoms with E-state index >= 15 is 0 Å². The SMILES string of the molecule is O=C1NCCN2c3nc(Cl)ncc3CC12. The van der Waals surface area contributed by atoms with Crippen LogP contribution in [0.15, 0.2) is 6.20 Å². The van der Waals surface area contributed by atoms with Crippen LogP contribution in [0.3, 0.4) is 0 Å². The Balaban J connectivity index is 2.05. The van der Waals surface area contributed by atoms with Crippen LogP contribution in [0.4, 0.5) is 5.82 Å². The standard InChI is InChI=1S/C9H9ClN4O/c10-9-12-4-5-3-6-8(15)11-1-2-14(6)7(5)13-9/h4,6H,1-3H2,(H,11,15). The number of aromatic nitrogens is 2. The molecule has 3 heterocycles. The molecule has 0 aromatic carbocycles. The van der Waals surface area contributed by atoms with Gasteiger partial charge in [-0.25, -0.2) is 9.97 Å². The summed E-state index contributed by atoms with van der Waals surface area (Å²) in [4.78, 5) is 21.7. The lowest BCUT2D eigenvalue weighted by atomic mass is 10.1. The van der Waals surface area contributed by atoms with Crippen molar-refractivity contribution < 1.29 is 4.79 Å². The van der Waals surface area contributed by atoms with Gasteiger partial charge in [-0.15, -0.1) is 0 Å². The third-order valence-electron chi connectivity index (χ3n) is 2.83. The Labute approximate surface area is 91.5 Å². The van der Waals surface area contributed by atoms with E-state index in [-0.39, 0.29) is 17.2 Å². The van der Waals surface area contributed by atoms with Gasteiger partial charge in [-0.2, -0.15) is 0 Å². The molecule has 1 N–H and O–H groups in total. The quantitative estimate of drug-likeness (QED) is 0.630. The van der Waals surface area contributed by atoms with Gasteiger partial charge in [0.2, 0.25) is 11.2 Å². The molecule has 1 atom stereocenters. The van der Waals surface area contributed by atoms with Crippen molar-refractivity contribution in [2.75, 3.05) is 18.0 Å². The number of fused-ring (bicyclic) bond motifs is 3. The number of nitrogens with one attached hydrogen (secondary N) is 1. The van der Waals surface area contributed by atoms with Crippen molar-refractivity contribution >= 4 is 23.3 Å². The Morgan fingerprint density at radius 3 is 3.33 bits per heavy atom. The highest BCUT2D eigenvalue weighted by atomic mass is 35.5. The highest BCUT2D eigenvalue weighted by molar-refractivity contribution is 6.28. The summed E-state index contributed by atoms with van der Waals surface area (Å²) < 4.78 is 0. The van der Waals surface area contributed by atoms with Gasteiger partial charge in [-0.05, 0) is 11.6 Å². The maximum atomic E-state index is 11.6. The molecule has 2 aliphatic heterocycles. The molecule has 0 aliphatic carbocycles. The van der Waals surface area contributed by atoms with Crippen LogP contribution in [0.25, 0.3) is 0 Å². The lowest BCUT2D eigenvalue weighted by Gasteiger charge is -2.30. The normalized spacial score (nSPS) is 23.4. The highest BCUT2D eigenvalue weighted by Crippen LogP contribution is 2.31. The molecule has 3 rings (SSSR count). The number of amides is 1. The van der Waals surface area contributed by atoms with Crippen LogP contribution in [-0.4, -0.2) is 35.0 Å². The van der Waals surface area contributed by atoms with Gasteiger partial charge < -0.3 is 10.2 Å². The van der Waals surface area contributed by atoms with Crippen molar-refractivity contribution in [2.24, 2.45) is 0 Å². The van der Waals surface area contributed by atoms with Gasteiger partial charge in [0.15, 0.2) is 0 Å². The van der Waals surface area contributed by atoms with Gasteiger partial charge in [-0.3, -0.25) is 4.79 Å². The van der Waals surface area contributed by atoms with Crippen LogP contribution < -0.4 is 10.2 Å². The van der Waals surface area contributed by atoms with Gasteiger partial charge >= 0.3 is 0 Å². The molecule has 15 heavy (non-hydrogen) atoms. The molecule has 1 saturated heterocycles. The van der Waals surface area contributed by atoms with Crippen molar-refractivity contribution in [3.05, 3.63) is 17.0 Å². The molecule has 0 spiro atoms. The van der Waals surface area contributed by atoms with E-state index in [2.05, 4.69) is 15.3 Å². The second kappa shape index (κ2) is 3.06. The summed E-state index contributed by atoms with van der Waals surface area (Å²) in [5.74, 6) is 0.880. The van der Waals surface area contributed by atoms with E-state index in [1.165, 1.54) is 0 Å². The lowest BCUT2D eigenvalue weighted by Crippen LogP contribution is -2.54. The van der Waals surface area contributed by atoms with Crippen molar-refractivity contribution in [2.45, 2.75) is 12.5 Å². The van der Waals surface area contributed by atoms with Gasteiger partial charge in [0, 0.05) is 31.3 Å². The van der Waals surface area contributed by atoms with Crippen molar-refractivity contribution in [1.29, 1.82) is 0 Å². The topological polar surface area (TPSA) is 58.1 Å². The Bertz CT molecular complexity index is 436. The fourth-order valence-corrected chi connectivity index (χ4v) is 2.28. The fraction of sp³-hybridized carbons (Fsp3) is 0.444. The molecule has 78 valence electrons. The predicted molar refractivity (Wildman–Crippen MR) is 54.9 cm³/mol. The Hall–Kier alpha value is -1.36. The zero-order chi connectivity index (χ0) is 10.4. The molecule has 2 aliphatic rings. The summed E-state index contributed by atoms with van der Waals surface area (Å²) in [7, 11) is 0. The molecule has 6 heteroatoms. The maximum Gasteiger partial charge on any atom is 0.243 e. The van der Waals surface area contributed by atoms with Crippen molar-refractivity contribution in [3.8, 4) is 0 Å². The molecule has 1 amide bonds. The first-order chi connectivity index (χ1) is 7.25. The first-order valence-corrected chi connectivity index (χ1v) is 5.19. The third kappa shape index (κ3) is 1.26. The predicted octanol–water partition coefficient (Wildman–Crippen LogP) is -0.00910. The molecule has 0 bridgehead atoms. The number of hydrogen-bond acceptors (Lipinski definition) is 4. The number of nitrogens with zero attached hydrogens (tertiary/aromatic N) is 3. The average Bonchev–Trinajstić information content (AvgIpc) is 2.58. The lowest BCUT2D eigenvalue weighted by molar-refractivity contribution is -0.123. The minimum Gasteiger partial charge on any atom is -0.353 e. The van der Waals surface area contributed by atoms with E-state index in [1.54, 1.807) is 6.20 Å². The van der Waals surface area contributed by atoms with Gasteiger partial charge in [-0.1, -0.05) is 0 Å². The number of carbonyl (C=O) groups is 1. The van der Waals surface area contributed by atoms with Crippen LogP contribution in [0.1, 0.15) is 5.56 Å². The zero-order valence-corrected chi connectivity index (χ0v) is 8.66. The maximum absolute atomic E-state index is 11.6. The van der Waals surface area contributed by atoms with Crippen molar-refractivity contribution in [1.82, 2.24) is 15.3 Å². The Morgan fingerprint density at radius 1 is 1.60 bits per heavy atom. The van der Waals surface area contributed by atoms with E-state index < -0.39 is 0 Å². The molecule has 1 fully saturated rings. The number of anilines is 1. The van der Waals surface area contributed by atoms with E-state index in [0.717, 1.165) is 17.9 Å².